The second kappa shape index (κ2) is 5.00. The van der Waals surface area contributed by atoms with Crippen LogP contribution >= 0.6 is 0 Å². The van der Waals surface area contributed by atoms with E-state index in [0.29, 0.717) is 23.4 Å². The number of hydrogen-bond acceptors (Lipinski definition) is 4. The van der Waals surface area contributed by atoms with Crippen molar-refractivity contribution in [3.63, 3.8) is 0 Å². The maximum atomic E-state index is 13.1. The summed E-state index contributed by atoms with van der Waals surface area (Å²) < 4.78 is 13.1. The SMILES string of the molecule is CCc1nnc(C)cc1C(=O)c1cncc(F)c1. The zero-order valence-corrected chi connectivity index (χ0v) is 10.1. The molecule has 2 aromatic rings. The number of carbonyl (C=O) groups excluding carboxylic acids is 1. The van der Waals surface area contributed by atoms with Crippen LogP contribution in [-0.4, -0.2) is 21.0 Å². The third-order valence-electron chi connectivity index (χ3n) is 2.54. The van der Waals surface area contributed by atoms with Crippen molar-refractivity contribution in [2.24, 2.45) is 0 Å². The molecule has 0 bridgehead atoms. The van der Waals surface area contributed by atoms with Crippen molar-refractivity contribution in [1.29, 1.82) is 0 Å². The molecule has 0 saturated heterocycles. The lowest BCUT2D eigenvalue weighted by Gasteiger charge is -2.06. The quantitative estimate of drug-likeness (QED) is 0.777. The van der Waals surface area contributed by atoms with E-state index >= 15 is 0 Å². The van der Waals surface area contributed by atoms with Gasteiger partial charge in [-0.05, 0) is 25.5 Å². The lowest BCUT2D eigenvalue weighted by atomic mass is 10.0. The van der Waals surface area contributed by atoms with Gasteiger partial charge in [0.05, 0.1) is 17.6 Å². The molecule has 0 amide bonds. The standard InChI is InChI=1S/C13H12FN3O/c1-3-12-11(4-8(2)16-17-12)13(18)9-5-10(14)7-15-6-9/h4-7H,3H2,1-2H3. The number of ketones is 1. The van der Waals surface area contributed by atoms with Crippen LogP contribution in [0.15, 0.2) is 24.5 Å². The van der Waals surface area contributed by atoms with Gasteiger partial charge in [0.1, 0.15) is 5.82 Å². The molecule has 5 heteroatoms. The average molecular weight is 245 g/mol. The van der Waals surface area contributed by atoms with Gasteiger partial charge in [0, 0.05) is 17.3 Å². The first-order chi connectivity index (χ1) is 8.61. The Morgan fingerprint density at radius 2 is 2.06 bits per heavy atom. The van der Waals surface area contributed by atoms with Crippen LogP contribution < -0.4 is 0 Å². The summed E-state index contributed by atoms with van der Waals surface area (Å²) in [5.74, 6) is -0.811. The van der Waals surface area contributed by atoms with Crippen molar-refractivity contribution in [2.75, 3.05) is 0 Å². The van der Waals surface area contributed by atoms with Crippen LogP contribution in [0.5, 0.6) is 0 Å². The Labute approximate surface area is 104 Å². The van der Waals surface area contributed by atoms with E-state index < -0.39 is 5.82 Å². The highest BCUT2D eigenvalue weighted by molar-refractivity contribution is 6.09. The minimum absolute atomic E-state index is 0.220. The molecule has 2 heterocycles. The summed E-state index contributed by atoms with van der Waals surface area (Å²) in [6.07, 6.45) is 3.01. The molecule has 0 aliphatic carbocycles. The van der Waals surface area contributed by atoms with E-state index in [1.165, 1.54) is 12.3 Å². The van der Waals surface area contributed by atoms with Crippen LogP contribution in [0.1, 0.15) is 34.2 Å². The van der Waals surface area contributed by atoms with Gasteiger partial charge < -0.3 is 0 Å². The number of aromatic nitrogens is 3. The summed E-state index contributed by atoms with van der Waals surface area (Å²) in [5.41, 5.74) is 1.93. The maximum Gasteiger partial charge on any atom is 0.196 e. The molecule has 0 aliphatic heterocycles. The smallest absolute Gasteiger partial charge is 0.196 e. The van der Waals surface area contributed by atoms with Gasteiger partial charge in [0.15, 0.2) is 5.78 Å². The monoisotopic (exact) mass is 245 g/mol. The fraction of sp³-hybridized carbons (Fsp3) is 0.231. The molecule has 0 saturated carbocycles. The van der Waals surface area contributed by atoms with Crippen molar-refractivity contribution in [3.8, 4) is 0 Å². The summed E-state index contributed by atoms with van der Waals surface area (Å²) >= 11 is 0. The molecule has 0 radical (unpaired) electrons. The van der Waals surface area contributed by atoms with E-state index in [2.05, 4.69) is 15.2 Å². The molecular weight excluding hydrogens is 233 g/mol. The highest BCUT2D eigenvalue weighted by atomic mass is 19.1. The van der Waals surface area contributed by atoms with Gasteiger partial charge in [-0.1, -0.05) is 6.92 Å². The number of nitrogens with zero attached hydrogens (tertiary/aromatic N) is 3. The van der Waals surface area contributed by atoms with Crippen molar-refractivity contribution < 1.29 is 9.18 Å². The zero-order chi connectivity index (χ0) is 13.1. The fourth-order valence-electron chi connectivity index (χ4n) is 1.66. The highest BCUT2D eigenvalue weighted by Gasteiger charge is 2.15. The first-order valence-corrected chi connectivity index (χ1v) is 5.60. The van der Waals surface area contributed by atoms with Crippen molar-refractivity contribution in [1.82, 2.24) is 15.2 Å². The van der Waals surface area contributed by atoms with Gasteiger partial charge in [-0.2, -0.15) is 10.2 Å². The Bertz CT molecular complexity index is 599. The lowest BCUT2D eigenvalue weighted by Crippen LogP contribution is -2.09. The van der Waals surface area contributed by atoms with E-state index in [9.17, 15) is 9.18 Å². The molecule has 2 rings (SSSR count). The molecule has 0 unspecified atom stereocenters. The summed E-state index contributed by atoms with van der Waals surface area (Å²) in [6.45, 7) is 3.65. The summed E-state index contributed by atoms with van der Waals surface area (Å²) in [6, 6.07) is 2.84. The molecule has 0 atom stereocenters. The predicted octanol–water partition coefficient (Wildman–Crippen LogP) is 2.11. The minimum Gasteiger partial charge on any atom is -0.288 e. The molecule has 4 nitrogen and oxygen atoms in total. The zero-order valence-electron chi connectivity index (χ0n) is 10.1. The van der Waals surface area contributed by atoms with Gasteiger partial charge in [0.2, 0.25) is 0 Å². The number of aryl methyl sites for hydroxylation is 2. The van der Waals surface area contributed by atoms with Crippen molar-refractivity contribution in [2.45, 2.75) is 20.3 Å². The molecule has 92 valence electrons. The summed E-state index contributed by atoms with van der Waals surface area (Å²) in [5, 5.41) is 7.89. The summed E-state index contributed by atoms with van der Waals surface area (Å²) in [7, 11) is 0. The van der Waals surface area contributed by atoms with Gasteiger partial charge >= 0.3 is 0 Å². The Morgan fingerprint density at radius 1 is 1.28 bits per heavy atom. The molecule has 0 spiro atoms. The van der Waals surface area contributed by atoms with Crippen LogP contribution in [0.25, 0.3) is 0 Å². The summed E-state index contributed by atoms with van der Waals surface area (Å²) in [4.78, 5) is 15.9. The fourth-order valence-corrected chi connectivity index (χ4v) is 1.66. The first-order valence-electron chi connectivity index (χ1n) is 5.60. The topological polar surface area (TPSA) is 55.7 Å². The van der Waals surface area contributed by atoms with Crippen LogP contribution in [0.2, 0.25) is 0 Å². The second-order valence-corrected chi connectivity index (χ2v) is 3.92. The van der Waals surface area contributed by atoms with Crippen LogP contribution in [-0.2, 0) is 6.42 Å². The molecule has 18 heavy (non-hydrogen) atoms. The van der Waals surface area contributed by atoms with Gasteiger partial charge in [-0.3, -0.25) is 9.78 Å². The lowest BCUT2D eigenvalue weighted by molar-refractivity contribution is 0.103. The number of carbonyl (C=O) groups is 1. The van der Waals surface area contributed by atoms with Gasteiger partial charge in [-0.15, -0.1) is 0 Å². The normalized spacial score (nSPS) is 10.4. The third kappa shape index (κ3) is 2.40. The second-order valence-electron chi connectivity index (χ2n) is 3.92. The first kappa shape index (κ1) is 12.3. The number of hydrogen-bond donors (Lipinski definition) is 0. The van der Waals surface area contributed by atoms with Crippen LogP contribution in [0.4, 0.5) is 4.39 Å². The number of rotatable bonds is 3. The van der Waals surface area contributed by atoms with Crippen molar-refractivity contribution in [3.05, 3.63) is 52.9 Å². The molecule has 0 fully saturated rings. The van der Waals surface area contributed by atoms with Crippen molar-refractivity contribution >= 4 is 5.78 Å². The van der Waals surface area contributed by atoms with Gasteiger partial charge in [-0.25, -0.2) is 4.39 Å². The largest absolute Gasteiger partial charge is 0.288 e. The Kier molecular flexibility index (Phi) is 3.41. The minimum atomic E-state index is -0.530. The number of halogens is 1. The number of pyridine rings is 1. The molecular formula is C13H12FN3O. The highest BCUT2D eigenvalue weighted by Crippen LogP contribution is 2.14. The average Bonchev–Trinajstić information content (AvgIpc) is 2.38. The van der Waals surface area contributed by atoms with E-state index in [1.54, 1.807) is 13.0 Å². The van der Waals surface area contributed by atoms with Gasteiger partial charge in [0.25, 0.3) is 0 Å². The maximum absolute atomic E-state index is 13.1. The predicted molar refractivity (Wildman–Crippen MR) is 63.8 cm³/mol. The molecule has 0 aromatic carbocycles. The molecule has 0 aliphatic rings. The van der Waals surface area contributed by atoms with Crippen LogP contribution in [0.3, 0.4) is 0 Å². The van der Waals surface area contributed by atoms with E-state index in [0.717, 1.165) is 6.20 Å². The van der Waals surface area contributed by atoms with Crippen LogP contribution in [0, 0.1) is 12.7 Å². The van der Waals surface area contributed by atoms with E-state index in [-0.39, 0.29) is 11.3 Å². The Hall–Kier alpha value is -2.17. The van der Waals surface area contributed by atoms with E-state index in [4.69, 9.17) is 0 Å². The van der Waals surface area contributed by atoms with E-state index in [1.807, 2.05) is 6.92 Å². The third-order valence-corrected chi connectivity index (χ3v) is 2.54. The molecule has 2 aromatic heterocycles. The Balaban J connectivity index is 2.48. The molecule has 0 N–H and O–H groups in total. The Morgan fingerprint density at radius 3 is 2.72 bits per heavy atom.